The summed E-state index contributed by atoms with van der Waals surface area (Å²) < 4.78 is 108. The van der Waals surface area contributed by atoms with Gasteiger partial charge in [0.25, 0.3) is 0 Å². The first-order valence-electron chi connectivity index (χ1n) is 10.2. The van der Waals surface area contributed by atoms with E-state index in [-0.39, 0.29) is 27.8 Å². The number of hydrogen-bond donors (Lipinski definition) is 1. The number of carbonyl (C=O) groups excluding carboxylic acids is 1. The molecule has 3 aromatic carbocycles. The number of benzene rings is 3. The molecule has 0 radical (unpaired) electrons. The second-order valence-electron chi connectivity index (χ2n) is 7.70. The Kier molecular flexibility index (Phi) is 7.30. The van der Waals surface area contributed by atoms with Crippen LogP contribution in [0.15, 0.2) is 40.1 Å². The summed E-state index contributed by atoms with van der Waals surface area (Å²) in [5.74, 6) is -9.42. The van der Waals surface area contributed by atoms with E-state index < -0.39 is 66.8 Å². The summed E-state index contributed by atoms with van der Waals surface area (Å²) in [4.78, 5) is 11.8. The van der Waals surface area contributed by atoms with Gasteiger partial charge in [-0.3, -0.25) is 0 Å². The molecule has 0 aromatic heterocycles. The summed E-state index contributed by atoms with van der Waals surface area (Å²) >= 11 is 0. The monoisotopic (exact) mass is 529 g/mol. The van der Waals surface area contributed by atoms with E-state index in [1.54, 1.807) is 0 Å². The topological polar surface area (TPSA) is 95.7 Å². The average molecular weight is 529 g/mol. The van der Waals surface area contributed by atoms with Crippen molar-refractivity contribution in [2.24, 2.45) is 0 Å². The summed E-state index contributed by atoms with van der Waals surface area (Å²) in [6.45, 7) is 2.47. The van der Waals surface area contributed by atoms with Gasteiger partial charge in [-0.2, -0.15) is 0 Å². The molecule has 1 unspecified atom stereocenters. The molecule has 0 aliphatic rings. The van der Waals surface area contributed by atoms with Crippen molar-refractivity contribution in [3.8, 4) is 5.75 Å². The second-order valence-corrected chi connectivity index (χ2v) is 9.59. The number of esters is 1. The molecule has 0 bridgehead atoms. The van der Waals surface area contributed by atoms with Gasteiger partial charge in [-0.1, -0.05) is 0 Å². The van der Waals surface area contributed by atoms with Crippen molar-refractivity contribution in [2.75, 3.05) is 20.0 Å². The quantitative estimate of drug-likeness (QED) is 0.156. The van der Waals surface area contributed by atoms with Crippen LogP contribution < -0.4 is 10.5 Å². The Morgan fingerprint density at radius 2 is 1.53 bits per heavy atom. The Bertz CT molecular complexity index is 1470. The molecule has 0 saturated heterocycles. The minimum atomic E-state index is -4.60. The van der Waals surface area contributed by atoms with Crippen LogP contribution in [0.4, 0.5) is 27.6 Å². The smallest absolute Gasteiger partial charge is 0.339 e. The van der Waals surface area contributed by atoms with Gasteiger partial charge in [-0.25, -0.2) is 35.2 Å². The van der Waals surface area contributed by atoms with Crippen molar-refractivity contribution >= 4 is 21.5 Å². The zero-order chi connectivity index (χ0) is 27.1. The van der Waals surface area contributed by atoms with Crippen molar-refractivity contribution < 1.29 is 44.6 Å². The van der Waals surface area contributed by atoms with Crippen molar-refractivity contribution in [1.29, 1.82) is 0 Å². The number of hydrogen-bond acceptors (Lipinski definition) is 6. The van der Waals surface area contributed by atoms with Crippen LogP contribution in [-0.4, -0.2) is 28.6 Å². The number of anilines is 1. The Morgan fingerprint density at radius 1 is 0.944 bits per heavy atom. The number of halogens is 5. The third-order valence-electron chi connectivity index (χ3n) is 5.73. The van der Waals surface area contributed by atoms with Gasteiger partial charge in [0, 0.05) is 16.8 Å². The predicted octanol–water partition coefficient (Wildman–Crippen LogP) is 5.13. The SMILES string of the molecule is COC(=O)c1c(C(F)c2cc(F)c(F)c(F)c2F)c(C)c(N)c(C)c1S(=O)(=O)c1ccc(OC)cc1. The van der Waals surface area contributed by atoms with E-state index in [9.17, 15) is 30.8 Å². The molecular formula is C24H20F5NO5S. The predicted molar refractivity (Wildman–Crippen MR) is 119 cm³/mol. The highest BCUT2D eigenvalue weighted by Gasteiger charge is 2.37. The first-order chi connectivity index (χ1) is 16.8. The van der Waals surface area contributed by atoms with Gasteiger partial charge in [0.2, 0.25) is 9.84 Å². The Balaban J connectivity index is 2.45. The van der Waals surface area contributed by atoms with E-state index in [0.29, 0.717) is 5.75 Å². The van der Waals surface area contributed by atoms with E-state index in [2.05, 4.69) is 4.74 Å². The lowest BCUT2D eigenvalue weighted by atomic mass is 9.90. The van der Waals surface area contributed by atoms with E-state index in [1.807, 2.05) is 0 Å². The molecule has 192 valence electrons. The zero-order valence-corrected chi connectivity index (χ0v) is 20.2. The number of nitrogen functional groups attached to an aromatic ring is 1. The van der Waals surface area contributed by atoms with Gasteiger partial charge in [-0.05, 0) is 55.3 Å². The maximum Gasteiger partial charge on any atom is 0.339 e. The molecule has 2 N–H and O–H groups in total. The van der Waals surface area contributed by atoms with Gasteiger partial charge in [0.05, 0.1) is 29.6 Å². The average Bonchev–Trinajstić information content (AvgIpc) is 2.86. The van der Waals surface area contributed by atoms with Crippen LogP contribution in [0.3, 0.4) is 0 Å². The van der Waals surface area contributed by atoms with Crippen molar-refractivity contribution in [2.45, 2.75) is 29.8 Å². The summed E-state index contributed by atoms with van der Waals surface area (Å²) in [5.41, 5.74) is 2.45. The molecule has 36 heavy (non-hydrogen) atoms. The molecule has 12 heteroatoms. The largest absolute Gasteiger partial charge is 0.497 e. The maximum atomic E-state index is 15.8. The number of alkyl halides is 1. The first kappa shape index (κ1) is 26.9. The van der Waals surface area contributed by atoms with Crippen LogP contribution in [-0.2, 0) is 14.6 Å². The van der Waals surface area contributed by atoms with Crippen molar-refractivity contribution in [3.05, 3.63) is 81.4 Å². The molecule has 0 fully saturated rings. The standard InChI is InChI=1S/C24H20F5NO5S/c1-10-16(18(26)14-9-15(25)20(28)21(29)19(14)27)17(24(31)35-4)23(11(2)22(10)30)36(32,33)13-7-5-12(34-3)6-8-13/h5-9,18H,30H2,1-4H3. The highest BCUT2D eigenvalue weighted by atomic mass is 32.2. The number of methoxy groups -OCH3 is 2. The van der Waals surface area contributed by atoms with Crippen molar-refractivity contribution in [1.82, 2.24) is 0 Å². The van der Waals surface area contributed by atoms with Gasteiger partial charge in [-0.15, -0.1) is 0 Å². The molecule has 0 saturated carbocycles. The highest BCUT2D eigenvalue weighted by molar-refractivity contribution is 7.91. The number of rotatable bonds is 6. The number of ether oxygens (including phenoxy) is 2. The van der Waals surface area contributed by atoms with E-state index in [1.165, 1.54) is 45.2 Å². The number of carbonyl (C=O) groups is 1. The first-order valence-corrected chi connectivity index (χ1v) is 11.6. The van der Waals surface area contributed by atoms with E-state index in [0.717, 1.165) is 7.11 Å². The van der Waals surface area contributed by atoms with Crippen LogP contribution in [0.25, 0.3) is 0 Å². The lowest BCUT2D eigenvalue weighted by Gasteiger charge is -2.23. The van der Waals surface area contributed by atoms with Crippen molar-refractivity contribution in [3.63, 3.8) is 0 Å². The van der Waals surface area contributed by atoms with Gasteiger partial charge in [0.15, 0.2) is 29.4 Å². The van der Waals surface area contributed by atoms with Crippen LogP contribution in [0.5, 0.6) is 5.75 Å². The number of nitrogens with two attached hydrogens (primary N) is 1. The molecule has 0 spiro atoms. The molecule has 0 heterocycles. The fraction of sp³-hybridized carbons (Fsp3) is 0.208. The summed E-state index contributed by atoms with van der Waals surface area (Å²) in [6, 6.07) is 5.07. The van der Waals surface area contributed by atoms with Crippen LogP contribution in [0.1, 0.15) is 38.8 Å². The molecule has 0 aliphatic heterocycles. The number of sulfone groups is 1. The van der Waals surface area contributed by atoms with Gasteiger partial charge < -0.3 is 15.2 Å². The molecule has 3 rings (SSSR count). The fourth-order valence-electron chi connectivity index (χ4n) is 3.81. The lowest BCUT2D eigenvalue weighted by Crippen LogP contribution is -2.20. The summed E-state index contributed by atoms with van der Waals surface area (Å²) in [6.07, 6.45) is -2.84. The third kappa shape index (κ3) is 4.25. The van der Waals surface area contributed by atoms with E-state index >= 15 is 4.39 Å². The van der Waals surface area contributed by atoms with Gasteiger partial charge >= 0.3 is 5.97 Å². The van der Waals surface area contributed by atoms with Gasteiger partial charge in [0.1, 0.15) is 5.75 Å². The lowest BCUT2D eigenvalue weighted by molar-refractivity contribution is 0.0592. The summed E-state index contributed by atoms with van der Waals surface area (Å²) in [7, 11) is -2.35. The Hall–Kier alpha value is -3.67. The van der Waals surface area contributed by atoms with Crippen LogP contribution in [0.2, 0.25) is 0 Å². The molecule has 0 amide bonds. The zero-order valence-electron chi connectivity index (χ0n) is 19.4. The minimum absolute atomic E-state index is 0.0760. The molecule has 0 aliphatic carbocycles. The summed E-state index contributed by atoms with van der Waals surface area (Å²) in [5, 5.41) is 0. The highest BCUT2D eigenvalue weighted by Crippen LogP contribution is 2.43. The Labute approximate surface area is 203 Å². The third-order valence-corrected chi connectivity index (χ3v) is 7.67. The Morgan fingerprint density at radius 3 is 2.06 bits per heavy atom. The minimum Gasteiger partial charge on any atom is -0.497 e. The molecule has 1 atom stereocenters. The van der Waals surface area contributed by atoms with Crippen LogP contribution >= 0.6 is 0 Å². The maximum absolute atomic E-state index is 15.8. The normalized spacial score (nSPS) is 12.4. The molecular weight excluding hydrogens is 509 g/mol. The fourth-order valence-corrected chi connectivity index (χ4v) is 5.51. The van der Waals surface area contributed by atoms with Crippen LogP contribution in [0, 0.1) is 37.1 Å². The van der Waals surface area contributed by atoms with E-state index in [4.69, 9.17) is 10.5 Å². The molecule has 6 nitrogen and oxygen atoms in total. The molecule has 3 aromatic rings. The second kappa shape index (κ2) is 9.76.